The van der Waals surface area contributed by atoms with Crippen LogP contribution in [-0.4, -0.2) is 22.5 Å². The van der Waals surface area contributed by atoms with E-state index in [1.165, 1.54) is 12.2 Å². The van der Waals surface area contributed by atoms with Gasteiger partial charge < -0.3 is 14.8 Å². The van der Waals surface area contributed by atoms with E-state index in [-0.39, 0.29) is 5.92 Å². The maximum Gasteiger partial charge on any atom is 0.329 e. The maximum atomic E-state index is 12.0. The van der Waals surface area contributed by atoms with Crippen molar-refractivity contribution in [3.63, 3.8) is 0 Å². The Bertz CT molecular complexity index is 566. The standard InChI is InChI=1S/C15H18BrNO4/c1-10-4-2-3-9-15(10,14(19)20)17-13(18)8-6-11-5-7-12(16)21-11/h5-8,10H,2-4,9H2,1H3,(H,17,18)(H,19,20). The van der Waals surface area contributed by atoms with Gasteiger partial charge in [-0.05, 0) is 52.9 Å². The number of carboxylic acid groups (broad SMARTS) is 1. The van der Waals surface area contributed by atoms with E-state index in [4.69, 9.17) is 4.42 Å². The lowest BCUT2D eigenvalue weighted by Crippen LogP contribution is -2.59. The van der Waals surface area contributed by atoms with Gasteiger partial charge in [0, 0.05) is 6.08 Å². The van der Waals surface area contributed by atoms with E-state index in [2.05, 4.69) is 21.2 Å². The zero-order valence-corrected chi connectivity index (χ0v) is 13.4. The Morgan fingerprint density at radius 2 is 2.24 bits per heavy atom. The minimum absolute atomic E-state index is 0.0844. The van der Waals surface area contributed by atoms with Crippen LogP contribution in [0.4, 0.5) is 0 Å². The zero-order valence-electron chi connectivity index (χ0n) is 11.8. The molecule has 2 atom stereocenters. The Hall–Kier alpha value is -1.56. The van der Waals surface area contributed by atoms with Crippen LogP contribution in [0.1, 0.15) is 38.4 Å². The molecule has 0 spiro atoms. The van der Waals surface area contributed by atoms with Gasteiger partial charge >= 0.3 is 5.97 Å². The molecule has 1 saturated carbocycles. The largest absolute Gasteiger partial charge is 0.479 e. The fraction of sp³-hybridized carbons (Fsp3) is 0.467. The number of amides is 1. The summed E-state index contributed by atoms with van der Waals surface area (Å²) in [5, 5.41) is 12.2. The zero-order chi connectivity index (χ0) is 15.5. The Kier molecular flexibility index (Phi) is 4.88. The van der Waals surface area contributed by atoms with Crippen molar-refractivity contribution < 1.29 is 19.1 Å². The third kappa shape index (κ3) is 3.56. The van der Waals surface area contributed by atoms with Gasteiger partial charge in [0.15, 0.2) is 4.67 Å². The van der Waals surface area contributed by atoms with Crippen molar-refractivity contribution in [2.24, 2.45) is 5.92 Å². The lowest BCUT2D eigenvalue weighted by Gasteiger charge is -2.39. The molecule has 1 aromatic rings. The molecule has 0 aliphatic heterocycles. The van der Waals surface area contributed by atoms with E-state index >= 15 is 0 Å². The van der Waals surface area contributed by atoms with Crippen LogP contribution < -0.4 is 5.32 Å². The molecule has 1 amide bonds. The fourth-order valence-corrected chi connectivity index (χ4v) is 3.06. The molecule has 1 aliphatic carbocycles. The molecule has 2 rings (SSSR count). The van der Waals surface area contributed by atoms with Crippen molar-refractivity contribution in [3.8, 4) is 0 Å². The SMILES string of the molecule is CC1CCCCC1(NC(=O)C=Cc1ccc(Br)o1)C(=O)O. The average Bonchev–Trinajstić information content (AvgIpc) is 2.85. The Morgan fingerprint density at radius 1 is 1.48 bits per heavy atom. The number of rotatable bonds is 4. The number of carbonyl (C=O) groups excluding carboxylic acids is 1. The highest BCUT2D eigenvalue weighted by Crippen LogP contribution is 2.34. The van der Waals surface area contributed by atoms with Gasteiger partial charge in [0.1, 0.15) is 11.3 Å². The van der Waals surface area contributed by atoms with Gasteiger partial charge in [-0.15, -0.1) is 0 Å². The third-order valence-corrected chi connectivity index (χ3v) is 4.45. The molecule has 5 nitrogen and oxygen atoms in total. The number of furan rings is 1. The topological polar surface area (TPSA) is 79.5 Å². The monoisotopic (exact) mass is 355 g/mol. The predicted octanol–water partition coefficient (Wildman–Crippen LogP) is 3.21. The second-order valence-corrected chi connectivity index (χ2v) is 6.17. The van der Waals surface area contributed by atoms with Gasteiger partial charge in [-0.25, -0.2) is 4.79 Å². The highest BCUT2D eigenvalue weighted by molar-refractivity contribution is 9.10. The normalized spacial score (nSPS) is 25.9. The highest BCUT2D eigenvalue weighted by Gasteiger charge is 2.45. The second kappa shape index (κ2) is 6.47. The summed E-state index contributed by atoms with van der Waals surface area (Å²) in [4.78, 5) is 23.7. The Labute approximate surface area is 131 Å². The number of carboxylic acids is 1. The molecule has 6 heteroatoms. The number of halogens is 1. The van der Waals surface area contributed by atoms with Gasteiger partial charge in [0.05, 0.1) is 0 Å². The lowest BCUT2D eigenvalue weighted by molar-refractivity contribution is -0.151. The summed E-state index contributed by atoms with van der Waals surface area (Å²) in [6.45, 7) is 1.88. The molecule has 2 N–H and O–H groups in total. The van der Waals surface area contributed by atoms with E-state index in [1.54, 1.807) is 12.1 Å². The van der Waals surface area contributed by atoms with Crippen LogP contribution in [0.2, 0.25) is 0 Å². The molecule has 1 aliphatic rings. The van der Waals surface area contributed by atoms with E-state index in [0.717, 1.165) is 19.3 Å². The first-order valence-corrected chi connectivity index (χ1v) is 7.72. The van der Waals surface area contributed by atoms with Gasteiger partial charge in [0.2, 0.25) is 5.91 Å². The molecule has 0 bridgehead atoms. The summed E-state index contributed by atoms with van der Waals surface area (Å²) >= 11 is 3.18. The van der Waals surface area contributed by atoms with E-state index in [9.17, 15) is 14.7 Å². The van der Waals surface area contributed by atoms with Crippen LogP contribution in [0, 0.1) is 5.92 Å². The van der Waals surface area contributed by atoms with Gasteiger partial charge in [0.25, 0.3) is 0 Å². The van der Waals surface area contributed by atoms with Crippen LogP contribution in [0.15, 0.2) is 27.3 Å². The molecule has 114 valence electrons. The van der Waals surface area contributed by atoms with Crippen LogP contribution in [0.3, 0.4) is 0 Å². The number of aliphatic carboxylic acids is 1. The Balaban J connectivity index is 2.08. The number of hydrogen-bond acceptors (Lipinski definition) is 3. The molecule has 0 radical (unpaired) electrons. The van der Waals surface area contributed by atoms with Crippen molar-refractivity contribution in [2.75, 3.05) is 0 Å². The molecule has 0 aromatic carbocycles. The first-order valence-electron chi connectivity index (χ1n) is 6.93. The predicted molar refractivity (Wildman–Crippen MR) is 81.6 cm³/mol. The molecule has 1 heterocycles. The molecular formula is C15H18BrNO4. The van der Waals surface area contributed by atoms with Gasteiger partial charge in [-0.3, -0.25) is 4.79 Å². The van der Waals surface area contributed by atoms with Crippen LogP contribution in [0.5, 0.6) is 0 Å². The summed E-state index contributed by atoms with van der Waals surface area (Å²) in [7, 11) is 0. The Morgan fingerprint density at radius 3 is 2.81 bits per heavy atom. The summed E-state index contributed by atoms with van der Waals surface area (Å²) in [5.74, 6) is -0.937. The first-order chi connectivity index (χ1) is 9.94. The number of carbonyl (C=O) groups is 2. The van der Waals surface area contributed by atoms with E-state index in [1.807, 2.05) is 6.92 Å². The summed E-state index contributed by atoms with van der Waals surface area (Å²) in [6.07, 6.45) is 5.91. The van der Waals surface area contributed by atoms with Crippen molar-refractivity contribution in [2.45, 2.75) is 38.1 Å². The van der Waals surface area contributed by atoms with Crippen molar-refractivity contribution >= 4 is 33.9 Å². The van der Waals surface area contributed by atoms with Crippen LogP contribution in [0.25, 0.3) is 6.08 Å². The van der Waals surface area contributed by atoms with Crippen LogP contribution >= 0.6 is 15.9 Å². The summed E-state index contributed by atoms with van der Waals surface area (Å²) < 4.78 is 5.83. The molecule has 1 aromatic heterocycles. The third-order valence-electron chi connectivity index (χ3n) is 4.02. The molecular weight excluding hydrogens is 338 g/mol. The molecule has 2 unspecified atom stereocenters. The quantitative estimate of drug-likeness (QED) is 0.812. The van der Waals surface area contributed by atoms with Crippen molar-refractivity contribution in [3.05, 3.63) is 28.6 Å². The average molecular weight is 356 g/mol. The van der Waals surface area contributed by atoms with Gasteiger partial charge in [-0.2, -0.15) is 0 Å². The minimum atomic E-state index is -1.16. The van der Waals surface area contributed by atoms with Crippen molar-refractivity contribution in [1.82, 2.24) is 5.32 Å². The number of hydrogen-bond donors (Lipinski definition) is 2. The van der Waals surface area contributed by atoms with E-state index in [0.29, 0.717) is 16.9 Å². The second-order valence-electron chi connectivity index (χ2n) is 5.39. The lowest BCUT2D eigenvalue weighted by atomic mass is 9.73. The smallest absolute Gasteiger partial charge is 0.329 e. The first kappa shape index (κ1) is 15.8. The summed E-state index contributed by atoms with van der Waals surface area (Å²) in [6, 6.07) is 3.43. The van der Waals surface area contributed by atoms with Gasteiger partial charge in [-0.1, -0.05) is 19.8 Å². The molecule has 1 fully saturated rings. The van der Waals surface area contributed by atoms with Crippen LogP contribution in [-0.2, 0) is 9.59 Å². The summed E-state index contributed by atoms with van der Waals surface area (Å²) in [5.41, 5.74) is -1.16. The van der Waals surface area contributed by atoms with E-state index < -0.39 is 17.4 Å². The maximum absolute atomic E-state index is 12.0. The van der Waals surface area contributed by atoms with Crippen molar-refractivity contribution in [1.29, 1.82) is 0 Å². The molecule has 0 saturated heterocycles. The minimum Gasteiger partial charge on any atom is -0.479 e. The fourth-order valence-electron chi connectivity index (χ4n) is 2.74. The molecule has 21 heavy (non-hydrogen) atoms. The number of nitrogens with one attached hydrogen (secondary N) is 1. The highest BCUT2D eigenvalue weighted by atomic mass is 79.9.